The number of nitrogens with zero attached hydrogens (tertiary/aromatic N) is 5. The number of benzene rings is 1. The molecule has 9 heteroatoms. The van der Waals surface area contributed by atoms with Crippen LogP contribution in [-0.2, 0) is 10.0 Å². The predicted molar refractivity (Wildman–Crippen MR) is 90.5 cm³/mol. The topological polar surface area (TPSA) is 78.8 Å². The first-order valence-electron chi connectivity index (χ1n) is 7.85. The standard InChI is InChI=1S/C16H16FN5O2S/c1-21(15-12-4-2-3-5-14(12)25(23,24)20-15)11-6-7-22(9-11)16-13(17)8-18-10-19-16/h2-5,8,10-11H,6-7,9H2,1H3. The number of halogens is 1. The quantitative estimate of drug-likeness (QED) is 0.802. The van der Waals surface area contributed by atoms with Gasteiger partial charge >= 0.3 is 0 Å². The summed E-state index contributed by atoms with van der Waals surface area (Å²) in [7, 11) is -1.83. The molecule has 0 amide bonds. The van der Waals surface area contributed by atoms with Crippen molar-refractivity contribution in [3.05, 3.63) is 48.2 Å². The number of fused-ring (bicyclic) bond motifs is 1. The molecule has 0 N–H and O–H groups in total. The molecule has 1 aromatic heterocycles. The van der Waals surface area contributed by atoms with E-state index in [0.29, 0.717) is 24.5 Å². The Morgan fingerprint density at radius 1 is 1.32 bits per heavy atom. The van der Waals surface area contributed by atoms with Gasteiger partial charge in [-0.05, 0) is 18.6 Å². The highest BCUT2D eigenvalue weighted by Gasteiger charge is 2.35. The number of rotatable bonds is 2. The smallest absolute Gasteiger partial charge is 0.285 e. The lowest BCUT2D eigenvalue weighted by Crippen LogP contribution is -2.39. The molecule has 130 valence electrons. The molecule has 7 nitrogen and oxygen atoms in total. The minimum Gasteiger partial charge on any atom is -0.354 e. The summed E-state index contributed by atoms with van der Waals surface area (Å²) in [5, 5.41) is 0. The summed E-state index contributed by atoms with van der Waals surface area (Å²) in [6.07, 6.45) is 3.21. The van der Waals surface area contributed by atoms with Crippen molar-refractivity contribution in [1.29, 1.82) is 0 Å². The van der Waals surface area contributed by atoms with Crippen molar-refractivity contribution >= 4 is 21.7 Å². The van der Waals surface area contributed by atoms with Gasteiger partial charge in [-0.3, -0.25) is 0 Å². The van der Waals surface area contributed by atoms with Gasteiger partial charge in [0.15, 0.2) is 17.5 Å². The Morgan fingerprint density at radius 3 is 2.92 bits per heavy atom. The van der Waals surface area contributed by atoms with E-state index in [1.165, 1.54) is 6.33 Å². The first kappa shape index (κ1) is 15.9. The maximum absolute atomic E-state index is 13.9. The summed E-state index contributed by atoms with van der Waals surface area (Å²) in [4.78, 5) is 11.6. The molecule has 2 aromatic rings. The van der Waals surface area contributed by atoms with Crippen LogP contribution < -0.4 is 4.90 Å². The van der Waals surface area contributed by atoms with Crippen LogP contribution in [-0.4, -0.2) is 55.3 Å². The summed E-state index contributed by atoms with van der Waals surface area (Å²) < 4.78 is 42.3. The lowest BCUT2D eigenvalue weighted by atomic mass is 10.1. The number of anilines is 1. The summed E-state index contributed by atoms with van der Waals surface area (Å²) in [6, 6.07) is 6.80. The Morgan fingerprint density at radius 2 is 2.12 bits per heavy atom. The van der Waals surface area contributed by atoms with Gasteiger partial charge in [0.2, 0.25) is 0 Å². The van der Waals surface area contributed by atoms with Crippen LogP contribution in [0.15, 0.2) is 46.1 Å². The Bertz CT molecular complexity index is 963. The minimum atomic E-state index is -3.65. The van der Waals surface area contributed by atoms with E-state index < -0.39 is 15.8 Å². The number of hydrogen-bond acceptors (Lipinski definition) is 6. The molecule has 3 heterocycles. The third-order valence-corrected chi connectivity index (χ3v) is 5.93. The molecular weight excluding hydrogens is 345 g/mol. The number of likely N-dealkylation sites (N-methyl/N-ethyl adjacent to an activating group) is 1. The average Bonchev–Trinajstić information content (AvgIpc) is 3.19. The highest BCUT2D eigenvalue weighted by atomic mass is 32.2. The van der Waals surface area contributed by atoms with E-state index in [-0.39, 0.29) is 16.8 Å². The van der Waals surface area contributed by atoms with Crippen molar-refractivity contribution in [2.24, 2.45) is 4.40 Å². The van der Waals surface area contributed by atoms with Gasteiger partial charge in [-0.1, -0.05) is 12.1 Å². The van der Waals surface area contributed by atoms with Crippen LogP contribution in [0.5, 0.6) is 0 Å². The van der Waals surface area contributed by atoms with Gasteiger partial charge in [0.05, 0.1) is 6.20 Å². The number of hydrogen-bond donors (Lipinski definition) is 0. The monoisotopic (exact) mass is 361 g/mol. The molecule has 1 aromatic carbocycles. The minimum absolute atomic E-state index is 0.00877. The van der Waals surface area contributed by atoms with Crippen molar-refractivity contribution in [3.8, 4) is 0 Å². The van der Waals surface area contributed by atoms with Gasteiger partial charge in [0.25, 0.3) is 10.0 Å². The van der Waals surface area contributed by atoms with E-state index in [1.807, 2.05) is 16.8 Å². The van der Waals surface area contributed by atoms with Gasteiger partial charge in [-0.15, -0.1) is 4.40 Å². The molecule has 4 rings (SSSR count). The van der Waals surface area contributed by atoms with Crippen LogP contribution in [0, 0.1) is 5.82 Å². The molecule has 1 atom stereocenters. The van der Waals surface area contributed by atoms with E-state index in [2.05, 4.69) is 14.4 Å². The van der Waals surface area contributed by atoms with Crippen LogP contribution in [0.1, 0.15) is 12.0 Å². The fourth-order valence-electron chi connectivity index (χ4n) is 3.31. The lowest BCUT2D eigenvalue weighted by Gasteiger charge is -2.26. The zero-order valence-electron chi connectivity index (χ0n) is 13.5. The third kappa shape index (κ3) is 2.64. The lowest BCUT2D eigenvalue weighted by molar-refractivity contribution is 0.393. The normalized spacial score (nSPS) is 21.1. The Kier molecular flexibility index (Phi) is 3.68. The fraction of sp³-hybridized carbons (Fsp3) is 0.312. The molecule has 1 fully saturated rings. The zero-order chi connectivity index (χ0) is 17.6. The van der Waals surface area contributed by atoms with Gasteiger partial charge in [-0.2, -0.15) is 8.42 Å². The molecule has 0 aliphatic carbocycles. The SMILES string of the molecule is CN(C1=NS(=O)(=O)c2ccccc21)C1CCN(c2ncncc2F)C1. The molecule has 2 aliphatic heterocycles. The molecule has 0 bridgehead atoms. The van der Waals surface area contributed by atoms with Crippen LogP contribution in [0.3, 0.4) is 0 Å². The zero-order valence-corrected chi connectivity index (χ0v) is 14.3. The molecule has 0 saturated carbocycles. The maximum Gasteiger partial charge on any atom is 0.285 e. The van der Waals surface area contributed by atoms with Crippen molar-refractivity contribution in [2.75, 3.05) is 25.0 Å². The van der Waals surface area contributed by atoms with Gasteiger partial charge in [-0.25, -0.2) is 14.4 Å². The summed E-state index contributed by atoms with van der Waals surface area (Å²) in [6.45, 7) is 1.16. The fourth-order valence-corrected chi connectivity index (χ4v) is 4.55. The summed E-state index contributed by atoms with van der Waals surface area (Å²) >= 11 is 0. The van der Waals surface area contributed by atoms with Crippen molar-refractivity contribution < 1.29 is 12.8 Å². The van der Waals surface area contributed by atoms with Crippen LogP contribution in [0.4, 0.5) is 10.2 Å². The Hall–Kier alpha value is -2.55. The van der Waals surface area contributed by atoms with E-state index in [4.69, 9.17) is 0 Å². The molecule has 1 unspecified atom stereocenters. The van der Waals surface area contributed by atoms with Gasteiger partial charge < -0.3 is 9.80 Å². The van der Waals surface area contributed by atoms with Crippen LogP contribution in [0.2, 0.25) is 0 Å². The highest BCUT2D eigenvalue weighted by Crippen LogP contribution is 2.30. The summed E-state index contributed by atoms with van der Waals surface area (Å²) in [5.41, 5.74) is 0.608. The highest BCUT2D eigenvalue weighted by molar-refractivity contribution is 7.90. The predicted octanol–water partition coefficient (Wildman–Crippen LogP) is 1.28. The van der Waals surface area contributed by atoms with Gasteiger partial charge in [0, 0.05) is 31.7 Å². The first-order chi connectivity index (χ1) is 12.0. The molecular formula is C16H16FN5O2S. The molecule has 1 saturated heterocycles. The van der Waals surface area contributed by atoms with Crippen LogP contribution >= 0.6 is 0 Å². The van der Waals surface area contributed by atoms with E-state index >= 15 is 0 Å². The third-order valence-electron chi connectivity index (χ3n) is 4.61. The second kappa shape index (κ2) is 5.76. The average molecular weight is 361 g/mol. The second-order valence-corrected chi connectivity index (χ2v) is 7.65. The number of sulfonamides is 1. The number of amidine groups is 1. The Balaban J connectivity index is 1.59. The summed E-state index contributed by atoms with van der Waals surface area (Å²) in [5.74, 6) is 0.245. The largest absolute Gasteiger partial charge is 0.354 e. The second-order valence-electron chi connectivity index (χ2n) is 6.08. The Labute approximate surface area is 144 Å². The van der Waals surface area contributed by atoms with Crippen molar-refractivity contribution in [1.82, 2.24) is 14.9 Å². The van der Waals surface area contributed by atoms with E-state index in [1.54, 1.807) is 24.3 Å². The maximum atomic E-state index is 13.9. The molecule has 25 heavy (non-hydrogen) atoms. The van der Waals surface area contributed by atoms with Crippen molar-refractivity contribution in [2.45, 2.75) is 17.4 Å². The molecule has 0 spiro atoms. The van der Waals surface area contributed by atoms with Crippen LogP contribution in [0.25, 0.3) is 0 Å². The van der Waals surface area contributed by atoms with Gasteiger partial charge in [0.1, 0.15) is 11.2 Å². The van der Waals surface area contributed by atoms with E-state index in [0.717, 1.165) is 12.6 Å². The first-order valence-corrected chi connectivity index (χ1v) is 9.29. The van der Waals surface area contributed by atoms with Crippen molar-refractivity contribution in [3.63, 3.8) is 0 Å². The number of aromatic nitrogens is 2. The molecule has 0 radical (unpaired) electrons. The van der Waals surface area contributed by atoms with E-state index in [9.17, 15) is 12.8 Å². The molecule has 2 aliphatic rings.